The zero-order valence-electron chi connectivity index (χ0n) is 7.66. The lowest BCUT2D eigenvalue weighted by Crippen LogP contribution is -2.71. The van der Waals surface area contributed by atoms with E-state index in [2.05, 4.69) is 19.6 Å². The number of nitrogens with zero attached hydrogens (tertiary/aromatic N) is 4. The molecule has 0 aromatic rings. The maximum Gasteiger partial charge on any atom is 0.0555 e. The molecule has 14 heavy (non-hydrogen) atoms. The SMILES string of the molecule is C1N2CN3CN1CN(C2)C3.I.I.I.I. The Morgan fingerprint density at radius 3 is 0.643 bits per heavy atom. The molecule has 0 amide bonds. The molecule has 4 fully saturated rings. The number of hydrogen-bond acceptors (Lipinski definition) is 4. The minimum Gasteiger partial charge on any atom is -0.264 e. The summed E-state index contributed by atoms with van der Waals surface area (Å²) in [5, 5.41) is 0. The quantitative estimate of drug-likeness (QED) is 0.368. The van der Waals surface area contributed by atoms with Crippen LogP contribution >= 0.6 is 95.9 Å². The minimum atomic E-state index is 0. The lowest BCUT2D eigenvalue weighted by atomic mass is 10.4. The predicted molar refractivity (Wildman–Crippen MR) is 98.2 cm³/mol. The molecule has 4 nitrogen and oxygen atoms in total. The van der Waals surface area contributed by atoms with Crippen LogP contribution in [0.25, 0.3) is 0 Å². The van der Waals surface area contributed by atoms with Gasteiger partial charge in [-0.1, -0.05) is 0 Å². The van der Waals surface area contributed by atoms with Gasteiger partial charge in [0, 0.05) is 0 Å². The van der Waals surface area contributed by atoms with Crippen molar-refractivity contribution in [2.24, 2.45) is 0 Å². The summed E-state index contributed by atoms with van der Waals surface area (Å²) >= 11 is 0. The monoisotopic (exact) mass is 652 g/mol. The zero-order valence-corrected chi connectivity index (χ0v) is 17.0. The van der Waals surface area contributed by atoms with E-state index in [1.165, 1.54) is 40.0 Å². The van der Waals surface area contributed by atoms with Crippen molar-refractivity contribution in [1.82, 2.24) is 19.6 Å². The molecule has 0 aromatic heterocycles. The van der Waals surface area contributed by atoms with E-state index in [0.717, 1.165) is 0 Å². The topological polar surface area (TPSA) is 13.0 Å². The highest BCUT2D eigenvalue weighted by molar-refractivity contribution is 14.0. The fourth-order valence-corrected chi connectivity index (χ4v) is 2.23. The number of halogens is 4. The molecule has 8 heteroatoms. The van der Waals surface area contributed by atoms with Crippen LogP contribution in [0.2, 0.25) is 0 Å². The van der Waals surface area contributed by atoms with Gasteiger partial charge in [0.15, 0.2) is 0 Å². The van der Waals surface area contributed by atoms with Crippen molar-refractivity contribution >= 4 is 95.9 Å². The van der Waals surface area contributed by atoms with E-state index in [1.807, 2.05) is 0 Å². The molecule has 0 unspecified atom stereocenters. The van der Waals surface area contributed by atoms with Crippen molar-refractivity contribution in [3.63, 3.8) is 0 Å². The molecular weight excluding hydrogens is 636 g/mol. The van der Waals surface area contributed by atoms with E-state index in [1.54, 1.807) is 0 Å². The van der Waals surface area contributed by atoms with Gasteiger partial charge in [-0.25, -0.2) is 0 Å². The van der Waals surface area contributed by atoms with Crippen molar-refractivity contribution in [1.29, 1.82) is 0 Å². The molecule has 0 aromatic carbocycles. The summed E-state index contributed by atoms with van der Waals surface area (Å²) in [4.78, 5) is 9.88. The van der Waals surface area contributed by atoms with E-state index in [0.29, 0.717) is 0 Å². The van der Waals surface area contributed by atoms with Gasteiger partial charge in [-0.15, -0.1) is 95.9 Å². The van der Waals surface area contributed by atoms with Crippen LogP contribution in [0.1, 0.15) is 0 Å². The molecular formula is C6H16I4N4. The van der Waals surface area contributed by atoms with Gasteiger partial charge < -0.3 is 0 Å². The van der Waals surface area contributed by atoms with Crippen LogP contribution < -0.4 is 0 Å². The van der Waals surface area contributed by atoms with Crippen LogP contribution in [0.15, 0.2) is 0 Å². The Morgan fingerprint density at radius 1 is 0.357 bits per heavy atom. The third-order valence-electron chi connectivity index (χ3n) is 2.40. The first-order valence-corrected chi connectivity index (χ1v) is 3.79. The van der Waals surface area contributed by atoms with E-state index < -0.39 is 0 Å². The van der Waals surface area contributed by atoms with Gasteiger partial charge in [0.1, 0.15) is 0 Å². The highest BCUT2D eigenvalue weighted by Gasteiger charge is 2.36. The van der Waals surface area contributed by atoms with Crippen molar-refractivity contribution in [3.05, 3.63) is 0 Å². The summed E-state index contributed by atoms with van der Waals surface area (Å²) in [6.07, 6.45) is 0. The fraction of sp³-hybridized carbons (Fsp3) is 1.00. The van der Waals surface area contributed by atoms with Gasteiger partial charge in [-0.2, -0.15) is 0 Å². The second kappa shape index (κ2) is 7.97. The van der Waals surface area contributed by atoms with E-state index >= 15 is 0 Å². The molecule has 0 atom stereocenters. The highest BCUT2D eigenvalue weighted by atomic mass is 127. The summed E-state index contributed by atoms with van der Waals surface area (Å²) in [6, 6.07) is 0. The van der Waals surface area contributed by atoms with Gasteiger partial charge in [0.25, 0.3) is 0 Å². The summed E-state index contributed by atoms with van der Waals surface area (Å²) < 4.78 is 0. The molecule has 4 aliphatic rings. The first-order chi connectivity index (χ1) is 4.90. The van der Waals surface area contributed by atoms with Crippen LogP contribution in [0.3, 0.4) is 0 Å². The first-order valence-electron chi connectivity index (χ1n) is 3.79. The lowest BCUT2D eigenvalue weighted by Gasteiger charge is -2.56. The Labute approximate surface area is 153 Å². The lowest BCUT2D eigenvalue weighted by molar-refractivity contribution is -0.194. The molecule has 0 saturated carbocycles. The molecule has 4 heterocycles. The van der Waals surface area contributed by atoms with Crippen LogP contribution in [-0.2, 0) is 0 Å². The Morgan fingerprint density at radius 2 is 0.500 bits per heavy atom. The van der Waals surface area contributed by atoms with Crippen LogP contribution in [0.4, 0.5) is 0 Å². The van der Waals surface area contributed by atoms with Crippen molar-refractivity contribution < 1.29 is 0 Å². The maximum absolute atomic E-state index is 2.47. The zero-order chi connectivity index (χ0) is 6.55. The van der Waals surface area contributed by atoms with Crippen molar-refractivity contribution in [3.8, 4) is 0 Å². The summed E-state index contributed by atoms with van der Waals surface area (Å²) in [5.74, 6) is 0. The molecule has 0 spiro atoms. The second-order valence-corrected chi connectivity index (χ2v) is 3.53. The van der Waals surface area contributed by atoms with E-state index in [-0.39, 0.29) is 95.9 Å². The van der Waals surface area contributed by atoms with E-state index in [9.17, 15) is 0 Å². The largest absolute Gasteiger partial charge is 0.264 e. The molecule has 0 N–H and O–H groups in total. The van der Waals surface area contributed by atoms with Gasteiger partial charge in [0.05, 0.1) is 40.0 Å². The normalized spacial score (nSPS) is 41.1. The van der Waals surface area contributed by atoms with E-state index in [4.69, 9.17) is 0 Å². The first kappa shape index (κ1) is 19.1. The Balaban J connectivity index is 0. The standard InChI is InChI=1S/C6H12N4.4HI/c1-7-2-9-4-8(1)5-10(3-7)6-9;;;;/h1-6H2;4*1H. The molecule has 0 radical (unpaired) electrons. The molecule has 4 aliphatic heterocycles. The Bertz CT molecular complexity index is 113. The Hall–Kier alpha value is 2.76. The highest BCUT2D eigenvalue weighted by Crippen LogP contribution is 2.20. The Kier molecular flexibility index (Phi) is 10.9. The van der Waals surface area contributed by atoms with Gasteiger partial charge in [-0.05, 0) is 0 Å². The number of rotatable bonds is 0. The maximum atomic E-state index is 2.47. The molecule has 88 valence electrons. The van der Waals surface area contributed by atoms with Crippen LogP contribution in [0.5, 0.6) is 0 Å². The second-order valence-electron chi connectivity index (χ2n) is 3.53. The van der Waals surface area contributed by atoms with Gasteiger partial charge in [-0.3, -0.25) is 19.6 Å². The molecule has 4 rings (SSSR count). The van der Waals surface area contributed by atoms with Crippen LogP contribution in [0, 0.1) is 0 Å². The van der Waals surface area contributed by atoms with Gasteiger partial charge >= 0.3 is 0 Å². The summed E-state index contributed by atoms with van der Waals surface area (Å²) in [5.41, 5.74) is 0. The third kappa shape index (κ3) is 3.90. The molecule has 4 saturated heterocycles. The van der Waals surface area contributed by atoms with Crippen LogP contribution in [-0.4, -0.2) is 59.6 Å². The third-order valence-corrected chi connectivity index (χ3v) is 2.40. The summed E-state index contributed by atoms with van der Waals surface area (Å²) in [7, 11) is 0. The summed E-state index contributed by atoms with van der Waals surface area (Å²) in [6.45, 7) is 7.12. The fourth-order valence-electron chi connectivity index (χ4n) is 2.23. The average Bonchev–Trinajstić information content (AvgIpc) is 1.82. The minimum absolute atomic E-state index is 0. The smallest absolute Gasteiger partial charge is 0.0555 e. The van der Waals surface area contributed by atoms with Gasteiger partial charge in [0.2, 0.25) is 0 Å². The molecule has 0 aliphatic carbocycles. The van der Waals surface area contributed by atoms with Crippen molar-refractivity contribution in [2.75, 3.05) is 40.0 Å². The number of hydrogen-bond donors (Lipinski definition) is 0. The molecule has 4 bridgehead atoms. The van der Waals surface area contributed by atoms with Crippen molar-refractivity contribution in [2.45, 2.75) is 0 Å². The predicted octanol–water partition coefficient (Wildman–Crippen LogP) is 1.45. The average molecular weight is 652 g/mol.